The Hall–Kier alpha value is -3.70. The lowest BCUT2D eigenvalue weighted by Gasteiger charge is -2.09. The Morgan fingerprint density at radius 1 is 1.14 bits per heavy atom. The Morgan fingerprint density at radius 2 is 1.90 bits per heavy atom. The van der Waals surface area contributed by atoms with Gasteiger partial charge < -0.3 is 15.5 Å². The molecule has 0 atom stereocenters. The third-order valence-corrected chi connectivity index (χ3v) is 4.33. The Morgan fingerprint density at radius 3 is 2.66 bits per heavy atom. The van der Waals surface area contributed by atoms with Gasteiger partial charge in [-0.2, -0.15) is 5.26 Å². The van der Waals surface area contributed by atoms with Crippen LogP contribution < -0.4 is 10.6 Å². The van der Waals surface area contributed by atoms with Gasteiger partial charge in [0.05, 0.1) is 16.8 Å². The van der Waals surface area contributed by atoms with E-state index in [-0.39, 0.29) is 17.4 Å². The Labute approximate surface area is 168 Å². The molecule has 8 heteroatoms. The SMILES string of the molecule is CN(C)CCCNC(=O)c1nc(C(=O)Nc2ccccc2C#N)n2ccccc12. The number of carbonyl (C=O) groups is 2. The van der Waals surface area contributed by atoms with Crippen LogP contribution in [0.5, 0.6) is 0 Å². The number of hydrogen-bond donors (Lipinski definition) is 2. The van der Waals surface area contributed by atoms with Gasteiger partial charge in [-0.3, -0.25) is 14.0 Å². The number of aromatic nitrogens is 2. The number of benzene rings is 1. The fourth-order valence-electron chi connectivity index (χ4n) is 2.91. The summed E-state index contributed by atoms with van der Waals surface area (Å²) in [4.78, 5) is 31.8. The normalized spacial score (nSPS) is 10.7. The maximum absolute atomic E-state index is 12.8. The van der Waals surface area contributed by atoms with Crippen molar-refractivity contribution in [3.63, 3.8) is 0 Å². The van der Waals surface area contributed by atoms with Crippen LogP contribution in [0.2, 0.25) is 0 Å². The molecule has 148 valence electrons. The summed E-state index contributed by atoms with van der Waals surface area (Å²) in [6.45, 7) is 1.37. The van der Waals surface area contributed by atoms with Crippen LogP contribution in [0.1, 0.15) is 33.1 Å². The molecule has 2 heterocycles. The molecular weight excluding hydrogens is 368 g/mol. The first-order chi connectivity index (χ1) is 14.0. The third-order valence-electron chi connectivity index (χ3n) is 4.33. The average molecular weight is 390 g/mol. The molecule has 0 saturated carbocycles. The second-order valence-electron chi connectivity index (χ2n) is 6.76. The minimum absolute atomic E-state index is 0.0757. The van der Waals surface area contributed by atoms with E-state index >= 15 is 0 Å². The second kappa shape index (κ2) is 8.99. The first kappa shape index (κ1) is 20.0. The summed E-state index contributed by atoms with van der Waals surface area (Å²) < 4.78 is 1.57. The summed E-state index contributed by atoms with van der Waals surface area (Å²) in [5.41, 5.74) is 1.47. The largest absolute Gasteiger partial charge is 0.351 e. The maximum atomic E-state index is 12.8. The highest BCUT2D eigenvalue weighted by atomic mass is 16.2. The average Bonchev–Trinajstić information content (AvgIpc) is 3.11. The molecule has 0 radical (unpaired) electrons. The Kier molecular flexibility index (Phi) is 6.22. The van der Waals surface area contributed by atoms with Gasteiger partial charge in [0.1, 0.15) is 6.07 Å². The number of nitriles is 1. The van der Waals surface area contributed by atoms with E-state index in [0.29, 0.717) is 23.3 Å². The number of hydrogen-bond acceptors (Lipinski definition) is 5. The molecule has 2 N–H and O–H groups in total. The van der Waals surface area contributed by atoms with Gasteiger partial charge in [-0.1, -0.05) is 18.2 Å². The highest BCUT2D eigenvalue weighted by Gasteiger charge is 2.21. The number of imidazole rings is 1. The highest BCUT2D eigenvalue weighted by Crippen LogP contribution is 2.17. The number of nitrogens with zero attached hydrogens (tertiary/aromatic N) is 4. The highest BCUT2D eigenvalue weighted by molar-refractivity contribution is 6.06. The number of pyridine rings is 1. The Bertz CT molecular complexity index is 1080. The minimum atomic E-state index is -0.499. The zero-order chi connectivity index (χ0) is 20.8. The molecule has 0 aliphatic rings. The fraction of sp³-hybridized carbons (Fsp3) is 0.238. The first-order valence-corrected chi connectivity index (χ1v) is 9.21. The Balaban J connectivity index is 1.85. The summed E-state index contributed by atoms with van der Waals surface area (Å²) in [5, 5.41) is 14.8. The molecule has 3 aromatic rings. The van der Waals surface area contributed by atoms with Crippen LogP contribution in [0.15, 0.2) is 48.7 Å². The predicted octanol–water partition coefficient (Wildman–Crippen LogP) is 2.14. The molecule has 29 heavy (non-hydrogen) atoms. The summed E-state index contributed by atoms with van der Waals surface area (Å²) >= 11 is 0. The maximum Gasteiger partial charge on any atom is 0.292 e. The second-order valence-corrected chi connectivity index (χ2v) is 6.76. The van der Waals surface area contributed by atoms with Crippen molar-refractivity contribution in [1.82, 2.24) is 19.6 Å². The molecule has 0 unspecified atom stereocenters. The molecule has 0 aliphatic carbocycles. The molecule has 0 spiro atoms. The molecule has 0 fully saturated rings. The molecule has 3 rings (SSSR count). The van der Waals surface area contributed by atoms with E-state index in [9.17, 15) is 14.9 Å². The smallest absolute Gasteiger partial charge is 0.292 e. The molecule has 2 amide bonds. The van der Waals surface area contributed by atoms with Crippen LogP contribution in [0.3, 0.4) is 0 Å². The van der Waals surface area contributed by atoms with Crippen molar-refractivity contribution in [1.29, 1.82) is 5.26 Å². The summed E-state index contributed by atoms with van der Waals surface area (Å²) in [7, 11) is 3.94. The quantitative estimate of drug-likeness (QED) is 0.602. The standard InChI is InChI=1S/C21H22N6O2/c1-26(2)12-7-11-23-20(28)18-17-10-5-6-13-27(17)19(25-18)21(29)24-16-9-4-3-8-15(16)14-22/h3-6,8-10,13H,7,11-12H2,1-2H3,(H,23,28)(H,24,29). The zero-order valence-electron chi connectivity index (χ0n) is 16.3. The molecular formula is C21H22N6O2. The molecule has 1 aromatic carbocycles. The van der Waals surface area contributed by atoms with Gasteiger partial charge in [0, 0.05) is 12.7 Å². The van der Waals surface area contributed by atoms with Crippen molar-refractivity contribution in [2.24, 2.45) is 0 Å². The van der Waals surface area contributed by atoms with Crippen molar-refractivity contribution >= 4 is 23.0 Å². The van der Waals surface area contributed by atoms with Gasteiger partial charge in [-0.25, -0.2) is 4.98 Å². The van der Waals surface area contributed by atoms with Crippen LogP contribution in [0, 0.1) is 11.3 Å². The topological polar surface area (TPSA) is 103 Å². The number of anilines is 1. The number of para-hydroxylation sites is 1. The van der Waals surface area contributed by atoms with E-state index in [0.717, 1.165) is 13.0 Å². The van der Waals surface area contributed by atoms with Crippen molar-refractivity contribution in [3.05, 3.63) is 65.7 Å². The monoisotopic (exact) mass is 390 g/mol. The number of nitrogens with one attached hydrogen (secondary N) is 2. The van der Waals surface area contributed by atoms with E-state index < -0.39 is 5.91 Å². The van der Waals surface area contributed by atoms with E-state index in [1.54, 1.807) is 53.1 Å². The predicted molar refractivity (Wildman–Crippen MR) is 110 cm³/mol. The summed E-state index contributed by atoms with van der Waals surface area (Å²) in [6, 6.07) is 14.0. The first-order valence-electron chi connectivity index (χ1n) is 9.21. The van der Waals surface area contributed by atoms with Crippen LogP contribution >= 0.6 is 0 Å². The van der Waals surface area contributed by atoms with E-state index in [1.165, 1.54) is 0 Å². The lowest BCUT2D eigenvalue weighted by Crippen LogP contribution is -2.27. The number of amides is 2. The molecule has 0 aliphatic heterocycles. The number of carbonyl (C=O) groups excluding carboxylic acids is 2. The fourth-order valence-corrected chi connectivity index (χ4v) is 2.91. The van der Waals surface area contributed by atoms with Gasteiger partial charge >= 0.3 is 0 Å². The lowest BCUT2D eigenvalue weighted by atomic mass is 10.2. The van der Waals surface area contributed by atoms with Gasteiger partial charge in [0.15, 0.2) is 5.69 Å². The lowest BCUT2D eigenvalue weighted by molar-refractivity contribution is 0.0949. The number of rotatable bonds is 7. The zero-order valence-corrected chi connectivity index (χ0v) is 16.3. The van der Waals surface area contributed by atoms with Crippen LogP contribution in [-0.2, 0) is 0 Å². The van der Waals surface area contributed by atoms with Gasteiger partial charge in [0.2, 0.25) is 5.82 Å². The van der Waals surface area contributed by atoms with Crippen molar-refractivity contribution in [2.75, 3.05) is 32.5 Å². The summed E-state index contributed by atoms with van der Waals surface area (Å²) in [6.07, 6.45) is 2.49. The van der Waals surface area contributed by atoms with Gasteiger partial charge in [-0.15, -0.1) is 0 Å². The third kappa shape index (κ3) is 4.59. The van der Waals surface area contributed by atoms with Gasteiger partial charge in [0.25, 0.3) is 11.8 Å². The van der Waals surface area contributed by atoms with Gasteiger partial charge in [-0.05, 0) is 51.3 Å². The van der Waals surface area contributed by atoms with Crippen molar-refractivity contribution in [3.8, 4) is 6.07 Å². The summed E-state index contributed by atoms with van der Waals surface area (Å²) in [5.74, 6) is -0.753. The molecule has 8 nitrogen and oxygen atoms in total. The molecule has 0 saturated heterocycles. The molecule has 2 aromatic heterocycles. The van der Waals surface area contributed by atoms with Crippen molar-refractivity contribution < 1.29 is 9.59 Å². The van der Waals surface area contributed by atoms with E-state index in [4.69, 9.17) is 0 Å². The van der Waals surface area contributed by atoms with E-state index in [1.807, 2.05) is 25.1 Å². The number of fused-ring (bicyclic) bond motifs is 1. The van der Waals surface area contributed by atoms with Crippen LogP contribution in [0.25, 0.3) is 5.52 Å². The van der Waals surface area contributed by atoms with Crippen molar-refractivity contribution in [2.45, 2.75) is 6.42 Å². The van der Waals surface area contributed by atoms with Crippen LogP contribution in [-0.4, -0.2) is 53.3 Å². The minimum Gasteiger partial charge on any atom is -0.351 e. The van der Waals surface area contributed by atoms with E-state index in [2.05, 4.69) is 15.6 Å². The van der Waals surface area contributed by atoms with Crippen LogP contribution in [0.4, 0.5) is 5.69 Å². The molecule has 0 bridgehead atoms.